The number of hydrogen-bond donors (Lipinski definition) is 2. The monoisotopic (exact) mass is 1140 g/mol. The van der Waals surface area contributed by atoms with Gasteiger partial charge in [0.05, 0.1) is 70.5 Å². The molecule has 0 saturated carbocycles. The van der Waals surface area contributed by atoms with Crippen molar-refractivity contribution in [1.82, 2.24) is 49.3 Å². The van der Waals surface area contributed by atoms with E-state index in [1.54, 1.807) is 31.5 Å². The van der Waals surface area contributed by atoms with Crippen molar-refractivity contribution in [3.63, 3.8) is 0 Å². The molecule has 0 aliphatic carbocycles. The van der Waals surface area contributed by atoms with Crippen LogP contribution in [0.3, 0.4) is 0 Å². The van der Waals surface area contributed by atoms with Gasteiger partial charge in [0.2, 0.25) is 23.6 Å². The molecule has 20 nitrogen and oxygen atoms in total. The molecule has 7 aromatic rings. The number of β-amino-alcohol motifs (C(OH)–C–C–N with tert-alkyl or cyclic N) is 1. The van der Waals surface area contributed by atoms with E-state index in [0.717, 1.165) is 68.8 Å². The van der Waals surface area contributed by atoms with Crippen LogP contribution in [-0.2, 0) is 36.9 Å². The third kappa shape index (κ3) is 10.5. The van der Waals surface area contributed by atoms with Crippen LogP contribution in [0, 0.1) is 25.6 Å². The number of nitrogens with zero attached hydrogens (tertiary/aromatic N) is 12. The first-order chi connectivity index (χ1) is 39.6. The number of aryl methyl sites for hydroxylation is 2. The van der Waals surface area contributed by atoms with Crippen LogP contribution in [0.5, 0.6) is 0 Å². The SMILES string of the molecule is CC(=O)N1CCc2c(c(N3CCN(C)c4cc(-c5ccn6c(N7CCN(C(=O)C[C@H](NC(=O)[C@@H]8C[C@@H](O)CN8C(=O)[C@@H](c8cc(C)no8)C(C)C)c8ccc(-c9scnc9C)cc8)CC7)cnc6c5)c(F)cc43)nn2C2CCOCC2)C1. The van der Waals surface area contributed by atoms with Crippen molar-refractivity contribution in [3.05, 3.63) is 112 Å². The van der Waals surface area contributed by atoms with Crippen molar-refractivity contribution in [2.75, 3.05) is 87.3 Å². The maximum absolute atomic E-state index is 16.8. The van der Waals surface area contributed by atoms with E-state index in [4.69, 9.17) is 19.3 Å². The van der Waals surface area contributed by atoms with E-state index >= 15 is 4.39 Å². The Hall–Kier alpha value is -7.69. The van der Waals surface area contributed by atoms with Gasteiger partial charge in [-0.2, -0.15) is 5.10 Å². The highest BCUT2D eigenvalue weighted by atomic mass is 32.1. The summed E-state index contributed by atoms with van der Waals surface area (Å²) in [7, 11) is 2.02. The molecular weight excluding hydrogens is 1070 g/mol. The highest BCUT2D eigenvalue weighted by molar-refractivity contribution is 7.13. The third-order valence-corrected chi connectivity index (χ3v) is 18.2. The number of aromatic nitrogens is 6. The van der Waals surface area contributed by atoms with Gasteiger partial charge in [0.25, 0.3) is 0 Å². The summed E-state index contributed by atoms with van der Waals surface area (Å²) in [6, 6.07) is 15.3. The van der Waals surface area contributed by atoms with E-state index in [-0.39, 0.29) is 54.9 Å². The maximum atomic E-state index is 16.8. The Balaban J connectivity index is 0.747. The molecule has 5 aliphatic rings. The van der Waals surface area contributed by atoms with Crippen molar-refractivity contribution in [1.29, 1.82) is 0 Å². The number of imidazole rings is 1. The van der Waals surface area contributed by atoms with Crippen molar-refractivity contribution in [3.8, 4) is 21.6 Å². The minimum Gasteiger partial charge on any atom is -0.391 e. The van der Waals surface area contributed by atoms with Crippen LogP contribution in [0.25, 0.3) is 27.2 Å². The minimum atomic E-state index is -0.975. The number of anilines is 4. The zero-order valence-electron chi connectivity index (χ0n) is 47.3. The predicted octanol–water partition coefficient (Wildman–Crippen LogP) is 7.21. The Morgan fingerprint density at radius 1 is 0.902 bits per heavy atom. The second-order valence-electron chi connectivity index (χ2n) is 22.9. The van der Waals surface area contributed by atoms with Gasteiger partial charge in [-0.05, 0) is 67.5 Å². The number of carbonyl (C=O) groups excluding carboxylic acids is 4. The van der Waals surface area contributed by atoms with E-state index in [1.807, 2.05) is 96.9 Å². The quantitative estimate of drug-likeness (QED) is 0.117. The first-order valence-corrected chi connectivity index (χ1v) is 29.4. The Labute approximate surface area is 479 Å². The molecule has 22 heteroatoms. The largest absolute Gasteiger partial charge is 0.391 e. The lowest BCUT2D eigenvalue weighted by Crippen LogP contribution is -2.51. The number of pyridine rings is 1. The first kappa shape index (κ1) is 54.9. The zero-order valence-corrected chi connectivity index (χ0v) is 48.1. The number of halogens is 1. The summed E-state index contributed by atoms with van der Waals surface area (Å²) in [6.45, 7) is 14.8. The molecule has 2 N–H and O–H groups in total. The third-order valence-electron chi connectivity index (χ3n) is 17.3. The maximum Gasteiger partial charge on any atom is 0.243 e. The molecule has 0 spiro atoms. The second kappa shape index (κ2) is 22.6. The van der Waals surface area contributed by atoms with Crippen LogP contribution >= 0.6 is 11.3 Å². The number of benzene rings is 2. The predicted molar refractivity (Wildman–Crippen MR) is 308 cm³/mol. The summed E-state index contributed by atoms with van der Waals surface area (Å²) < 4.78 is 32.2. The number of thiazole rings is 1. The standard InChI is InChI=1S/C60H70FN13O7S/c1-35(2)56(52-25-36(3)66-81-52)60(79)73-32-43(76)27-51(73)59(78)64-47(39-7-9-40(10-8-39)57-37(4)63-34-82-57)30-55(77)69-20-18-68(19-21-69)54-31-62-53-26-41(11-16-72(53)54)44-28-49-50(29-46(44)61)71(22-17-67(49)6)58-45-33-70(38(5)75)15-12-48(45)74(65-58)42-13-23-80-24-14-42/h7-11,16,25-26,28-29,31,34-35,42-43,47,51,56,76H,12-15,17-24,27,30,32-33H2,1-6H3,(H,64,78)/t43-,47+,51+,56-/m1/s1. The number of nitrogens with one attached hydrogen (secondary N) is 1. The fraction of sp³-hybridized carbons (Fsp3) is 0.467. The van der Waals surface area contributed by atoms with Crippen LogP contribution < -0.4 is 20.0 Å². The van der Waals surface area contributed by atoms with E-state index in [9.17, 15) is 24.3 Å². The molecule has 3 fully saturated rings. The Morgan fingerprint density at radius 2 is 1.68 bits per heavy atom. The Kier molecular flexibility index (Phi) is 15.1. The van der Waals surface area contributed by atoms with E-state index in [1.165, 1.54) is 16.2 Å². The molecule has 3 saturated heterocycles. The van der Waals surface area contributed by atoms with Gasteiger partial charge in [-0.25, -0.2) is 14.4 Å². The molecule has 0 bridgehead atoms. The fourth-order valence-electron chi connectivity index (χ4n) is 12.7. The van der Waals surface area contributed by atoms with Gasteiger partial charge in [0.15, 0.2) is 5.82 Å². The number of amides is 4. The smallest absolute Gasteiger partial charge is 0.243 e. The number of carbonyl (C=O) groups is 4. The molecule has 4 amide bonds. The van der Waals surface area contributed by atoms with Gasteiger partial charge in [-0.1, -0.05) is 43.3 Å². The topological polar surface area (TPSA) is 203 Å². The second-order valence-corrected chi connectivity index (χ2v) is 23.7. The highest BCUT2D eigenvalue weighted by Crippen LogP contribution is 2.44. The summed E-state index contributed by atoms with van der Waals surface area (Å²) in [4.78, 5) is 77.7. The fourth-order valence-corrected chi connectivity index (χ4v) is 13.5. The normalized spacial score (nSPS) is 19.5. The summed E-state index contributed by atoms with van der Waals surface area (Å²) in [5.74, 6) is -0.124. The molecule has 4 atom stereocenters. The van der Waals surface area contributed by atoms with Crippen molar-refractivity contribution >= 4 is 63.6 Å². The minimum absolute atomic E-state index is 0.0134. The van der Waals surface area contributed by atoms with Gasteiger partial charge >= 0.3 is 0 Å². The summed E-state index contributed by atoms with van der Waals surface area (Å²) in [5, 5.41) is 23.4. The van der Waals surface area contributed by atoms with Gasteiger partial charge in [-0.3, -0.25) is 28.3 Å². The summed E-state index contributed by atoms with van der Waals surface area (Å²) >= 11 is 1.54. The molecule has 5 aromatic heterocycles. The molecule has 10 heterocycles. The van der Waals surface area contributed by atoms with Gasteiger partial charge in [0.1, 0.15) is 35.0 Å². The van der Waals surface area contributed by atoms with Crippen LogP contribution in [0.15, 0.2) is 77.0 Å². The molecule has 12 rings (SSSR count). The molecule has 5 aliphatic heterocycles. The number of fused-ring (bicyclic) bond motifs is 3. The van der Waals surface area contributed by atoms with Gasteiger partial charge < -0.3 is 49.1 Å². The van der Waals surface area contributed by atoms with Gasteiger partial charge in [0, 0.05) is 128 Å². The van der Waals surface area contributed by atoms with Crippen LogP contribution in [0.1, 0.15) is 98.4 Å². The number of likely N-dealkylation sites (tertiary alicyclic amines) is 1. The van der Waals surface area contributed by atoms with E-state index in [0.29, 0.717) is 100 Å². The molecule has 430 valence electrons. The van der Waals surface area contributed by atoms with Crippen LogP contribution in [0.4, 0.5) is 27.4 Å². The average molecular weight is 1140 g/mol. The van der Waals surface area contributed by atoms with E-state index in [2.05, 4.69) is 34.8 Å². The number of piperazine rings is 1. The molecule has 2 aromatic carbocycles. The Bertz CT molecular complexity index is 3540. The summed E-state index contributed by atoms with van der Waals surface area (Å²) in [5.41, 5.74) is 10.6. The molecule has 0 unspecified atom stereocenters. The van der Waals surface area contributed by atoms with Crippen LogP contribution in [0.2, 0.25) is 0 Å². The summed E-state index contributed by atoms with van der Waals surface area (Å²) in [6.07, 6.45) is 5.28. The van der Waals surface area contributed by atoms with Crippen molar-refractivity contribution in [2.45, 2.75) is 103 Å². The van der Waals surface area contributed by atoms with Gasteiger partial charge in [-0.15, -0.1) is 11.3 Å². The number of aliphatic hydroxyl groups is 1. The number of rotatable bonds is 13. The number of aliphatic hydroxyl groups excluding tert-OH is 1. The highest BCUT2D eigenvalue weighted by Gasteiger charge is 2.44. The number of likely N-dealkylation sites (N-methyl/N-ethyl adjacent to an activating group) is 1. The number of ether oxygens (including phenoxy) is 1. The molecular formula is C60H70FN13O7S. The molecule has 0 radical (unpaired) electrons. The number of hydrogen-bond acceptors (Lipinski definition) is 15. The van der Waals surface area contributed by atoms with Crippen molar-refractivity contribution < 1.29 is 37.9 Å². The first-order valence-electron chi connectivity index (χ1n) is 28.6. The zero-order chi connectivity index (χ0) is 57.1. The Morgan fingerprint density at radius 3 is 2.39 bits per heavy atom. The van der Waals surface area contributed by atoms with Crippen LogP contribution in [-0.4, -0.2) is 158 Å². The lowest BCUT2D eigenvalue weighted by molar-refractivity contribution is -0.141. The average Bonchev–Trinajstić information content (AvgIpc) is 3.04. The van der Waals surface area contributed by atoms with E-state index < -0.39 is 30.0 Å². The van der Waals surface area contributed by atoms with Crippen molar-refractivity contribution in [2.24, 2.45) is 5.92 Å². The molecule has 82 heavy (non-hydrogen) atoms. The lowest BCUT2D eigenvalue weighted by Gasteiger charge is -2.37. The lowest BCUT2D eigenvalue weighted by atomic mass is 9.91.